The van der Waals surface area contributed by atoms with E-state index in [1.165, 1.54) is 5.56 Å². The standard InChI is InChI=1S/C16H20N3O.2Y/c1-3-14-8-16(20-9-14,10-19-12-17-11-18-19)15-6-4-13(2)5-7-15;;/h4-6,11-12,14H,3,8-10H2,1-2H3;;/q-1;;/t14-,16+;;/m0../s1. The van der Waals surface area contributed by atoms with Gasteiger partial charge >= 0.3 is 0 Å². The summed E-state index contributed by atoms with van der Waals surface area (Å²) in [6.07, 6.45) is 5.48. The molecule has 1 fully saturated rings. The maximum Gasteiger partial charge on any atom is 0.137 e. The molecule has 0 amide bonds. The van der Waals surface area contributed by atoms with Crippen LogP contribution in [0.5, 0.6) is 0 Å². The summed E-state index contributed by atoms with van der Waals surface area (Å²) in [6, 6.07) is 9.67. The van der Waals surface area contributed by atoms with Crippen LogP contribution in [0.3, 0.4) is 0 Å². The van der Waals surface area contributed by atoms with Gasteiger partial charge in [-0.05, 0) is 12.3 Å². The molecular formula is C16H20N3OY2-. The number of hydrogen-bond acceptors (Lipinski definition) is 3. The van der Waals surface area contributed by atoms with Crippen molar-refractivity contribution in [2.45, 2.75) is 38.8 Å². The summed E-state index contributed by atoms with van der Waals surface area (Å²) in [5, 5.41) is 4.23. The third-order valence-electron chi connectivity index (χ3n) is 4.13. The van der Waals surface area contributed by atoms with Crippen LogP contribution < -0.4 is 0 Å². The van der Waals surface area contributed by atoms with Crippen molar-refractivity contribution in [1.82, 2.24) is 14.8 Å². The van der Waals surface area contributed by atoms with Crippen molar-refractivity contribution in [3.05, 3.63) is 48.0 Å². The second-order valence-electron chi connectivity index (χ2n) is 5.66. The number of aryl methyl sites for hydroxylation is 1. The van der Waals surface area contributed by atoms with E-state index in [2.05, 4.69) is 42.1 Å². The van der Waals surface area contributed by atoms with Crippen molar-refractivity contribution in [3.63, 3.8) is 0 Å². The quantitative estimate of drug-likeness (QED) is 0.676. The first kappa shape index (κ1) is 20.6. The molecule has 2 atom stereocenters. The third kappa shape index (κ3) is 4.54. The number of aromatic nitrogens is 3. The van der Waals surface area contributed by atoms with Gasteiger partial charge in [0.2, 0.25) is 0 Å². The minimum Gasteiger partial charge on any atom is -0.370 e. The van der Waals surface area contributed by atoms with Gasteiger partial charge in [0.15, 0.2) is 0 Å². The molecule has 2 radical (unpaired) electrons. The van der Waals surface area contributed by atoms with Crippen LogP contribution in [0.25, 0.3) is 0 Å². The summed E-state index contributed by atoms with van der Waals surface area (Å²) in [4.78, 5) is 4.03. The molecule has 1 saturated heterocycles. The minimum atomic E-state index is -0.317. The molecule has 0 aliphatic carbocycles. The molecular weight excluding hydrogens is 428 g/mol. The van der Waals surface area contributed by atoms with Crippen LogP contribution in [0, 0.1) is 18.9 Å². The minimum absolute atomic E-state index is 0. The first-order chi connectivity index (χ1) is 9.72. The Morgan fingerprint density at radius 1 is 1.41 bits per heavy atom. The van der Waals surface area contributed by atoms with Crippen LogP contribution in [0.15, 0.2) is 30.9 Å². The van der Waals surface area contributed by atoms with Crippen LogP contribution in [-0.2, 0) is 82.3 Å². The van der Waals surface area contributed by atoms with E-state index in [4.69, 9.17) is 4.74 Å². The van der Waals surface area contributed by atoms with Crippen LogP contribution >= 0.6 is 0 Å². The smallest absolute Gasteiger partial charge is 0.137 e. The Kier molecular flexibility index (Phi) is 8.53. The Morgan fingerprint density at radius 2 is 2.23 bits per heavy atom. The van der Waals surface area contributed by atoms with Crippen LogP contribution in [0.2, 0.25) is 0 Å². The van der Waals surface area contributed by atoms with Gasteiger partial charge in [0.1, 0.15) is 12.7 Å². The van der Waals surface area contributed by atoms with Crippen molar-refractivity contribution in [2.75, 3.05) is 6.61 Å². The van der Waals surface area contributed by atoms with Crippen molar-refractivity contribution >= 4 is 0 Å². The zero-order valence-electron chi connectivity index (χ0n) is 13.2. The van der Waals surface area contributed by atoms with E-state index in [9.17, 15) is 0 Å². The maximum atomic E-state index is 6.22. The molecule has 1 aliphatic rings. The summed E-state index contributed by atoms with van der Waals surface area (Å²) < 4.78 is 8.08. The average Bonchev–Trinajstić information content (AvgIpc) is 3.10. The van der Waals surface area contributed by atoms with E-state index in [1.54, 1.807) is 12.7 Å². The fraction of sp³-hybridized carbons (Fsp3) is 0.500. The molecule has 22 heavy (non-hydrogen) atoms. The molecule has 1 aromatic carbocycles. The predicted molar refractivity (Wildman–Crippen MR) is 76.1 cm³/mol. The molecule has 4 nitrogen and oxygen atoms in total. The first-order valence-electron chi connectivity index (χ1n) is 7.17. The van der Waals surface area contributed by atoms with Gasteiger partial charge in [-0.2, -0.15) is 34.9 Å². The Hall–Kier alpha value is 0.528. The molecule has 2 aromatic rings. The predicted octanol–water partition coefficient (Wildman–Crippen LogP) is 2.72. The van der Waals surface area contributed by atoms with Crippen molar-refractivity contribution < 1.29 is 70.2 Å². The van der Waals surface area contributed by atoms with Gasteiger partial charge in [-0.15, -0.1) is 5.56 Å². The second-order valence-corrected chi connectivity index (χ2v) is 5.66. The molecule has 1 aromatic heterocycles. The molecule has 6 heteroatoms. The normalized spacial score (nSPS) is 23.6. The van der Waals surface area contributed by atoms with Crippen LogP contribution in [0.1, 0.15) is 30.9 Å². The molecule has 2 heterocycles. The number of hydrogen-bond donors (Lipinski definition) is 0. The van der Waals surface area contributed by atoms with Crippen LogP contribution in [0.4, 0.5) is 0 Å². The Bertz CT molecular complexity index is 559. The molecule has 1 aliphatic heterocycles. The van der Waals surface area contributed by atoms with Gasteiger partial charge < -0.3 is 4.74 Å². The van der Waals surface area contributed by atoms with Gasteiger partial charge in [0.05, 0.1) is 18.8 Å². The van der Waals surface area contributed by atoms with Gasteiger partial charge in [0, 0.05) is 65.4 Å². The summed E-state index contributed by atoms with van der Waals surface area (Å²) in [6.45, 7) is 5.81. The summed E-state index contributed by atoms with van der Waals surface area (Å²) in [5.41, 5.74) is 2.02. The fourth-order valence-electron chi connectivity index (χ4n) is 2.87. The first-order valence-corrected chi connectivity index (χ1v) is 7.17. The van der Waals surface area contributed by atoms with E-state index >= 15 is 0 Å². The summed E-state index contributed by atoms with van der Waals surface area (Å²) >= 11 is 0. The van der Waals surface area contributed by atoms with Gasteiger partial charge in [-0.1, -0.05) is 20.3 Å². The zero-order valence-corrected chi connectivity index (χ0v) is 18.9. The Labute approximate surface area is 182 Å². The molecule has 112 valence electrons. The van der Waals surface area contributed by atoms with E-state index in [0.717, 1.165) is 25.0 Å². The van der Waals surface area contributed by atoms with E-state index < -0.39 is 0 Å². The molecule has 0 saturated carbocycles. The summed E-state index contributed by atoms with van der Waals surface area (Å²) in [7, 11) is 0. The largest absolute Gasteiger partial charge is 0.370 e. The van der Waals surface area contributed by atoms with Gasteiger partial charge in [-0.25, -0.2) is 9.67 Å². The van der Waals surface area contributed by atoms with E-state index in [-0.39, 0.29) is 71.0 Å². The molecule has 0 unspecified atom stereocenters. The van der Waals surface area contributed by atoms with Crippen molar-refractivity contribution in [1.29, 1.82) is 0 Å². The van der Waals surface area contributed by atoms with E-state index in [0.29, 0.717) is 12.5 Å². The number of ether oxygens (including phenoxy) is 1. The topological polar surface area (TPSA) is 39.9 Å². The second kappa shape index (κ2) is 9.13. The Balaban J connectivity index is 0.00000121. The molecule has 3 rings (SSSR count). The molecule has 0 bridgehead atoms. The van der Waals surface area contributed by atoms with E-state index in [1.807, 2.05) is 10.7 Å². The number of nitrogens with zero attached hydrogens (tertiary/aromatic N) is 3. The summed E-state index contributed by atoms with van der Waals surface area (Å²) in [5.74, 6) is 0.605. The van der Waals surface area contributed by atoms with Crippen molar-refractivity contribution in [3.8, 4) is 0 Å². The monoisotopic (exact) mass is 448 g/mol. The maximum absolute atomic E-state index is 6.22. The number of rotatable bonds is 4. The number of benzene rings is 1. The molecule has 0 spiro atoms. The fourth-order valence-corrected chi connectivity index (χ4v) is 2.87. The third-order valence-corrected chi connectivity index (χ3v) is 4.13. The van der Waals surface area contributed by atoms with Gasteiger partial charge in [-0.3, -0.25) is 0 Å². The van der Waals surface area contributed by atoms with Crippen LogP contribution in [-0.4, -0.2) is 21.4 Å². The average molecular weight is 448 g/mol. The Morgan fingerprint density at radius 3 is 2.77 bits per heavy atom. The van der Waals surface area contributed by atoms with Crippen molar-refractivity contribution in [2.24, 2.45) is 5.92 Å². The molecule has 0 N–H and O–H groups in total. The zero-order chi connectivity index (χ0) is 14.0. The van der Waals surface area contributed by atoms with Gasteiger partial charge in [0.25, 0.3) is 0 Å². The SMILES string of the molecule is CC[C@@H]1CO[C@](Cn2cncn2)(c2[c-]cc(C)cc2)C1.[Y].[Y].